The molecule has 0 aliphatic carbocycles. The van der Waals surface area contributed by atoms with Crippen LogP contribution in [0.5, 0.6) is 0 Å². The van der Waals surface area contributed by atoms with E-state index in [1.165, 1.54) is 10.9 Å². The van der Waals surface area contributed by atoms with Gasteiger partial charge in [-0.1, -0.05) is 36.4 Å². The molecule has 0 fully saturated rings. The summed E-state index contributed by atoms with van der Waals surface area (Å²) in [5, 5.41) is 4.75. The van der Waals surface area contributed by atoms with Crippen molar-refractivity contribution in [3.8, 4) is 0 Å². The summed E-state index contributed by atoms with van der Waals surface area (Å²) in [5.41, 5.74) is 3.60. The summed E-state index contributed by atoms with van der Waals surface area (Å²) in [4.78, 5) is 4.35. The van der Waals surface area contributed by atoms with Crippen LogP contribution >= 0.6 is 0 Å². The summed E-state index contributed by atoms with van der Waals surface area (Å²) in [7, 11) is 0. The van der Waals surface area contributed by atoms with Crippen LogP contribution in [0.4, 0.5) is 5.69 Å². The molecule has 2 aromatic carbocycles. The number of fused-ring (bicyclic) bond motifs is 1. The van der Waals surface area contributed by atoms with Gasteiger partial charge in [-0.2, -0.15) is 0 Å². The van der Waals surface area contributed by atoms with Crippen LogP contribution in [-0.4, -0.2) is 11.0 Å². The Kier molecular flexibility index (Phi) is 4.15. The van der Waals surface area contributed by atoms with E-state index in [-0.39, 0.29) is 0 Å². The first-order chi connectivity index (χ1) is 10.3. The number of nitrogens with one attached hydrogen (secondary N) is 1. The van der Waals surface area contributed by atoms with Crippen molar-refractivity contribution < 1.29 is 0 Å². The first-order valence-electron chi connectivity index (χ1n) is 7.46. The SMILES string of the molecule is CC(CCc1ccccc1)Nc1ccc2ncccc2c1. The minimum absolute atomic E-state index is 0.444. The molecule has 0 spiro atoms. The largest absolute Gasteiger partial charge is 0.383 e. The molecule has 1 aromatic heterocycles. The van der Waals surface area contributed by atoms with Gasteiger partial charge in [0, 0.05) is 23.3 Å². The molecule has 1 N–H and O–H groups in total. The third-order valence-electron chi connectivity index (χ3n) is 3.72. The van der Waals surface area contributed by atoms with Crippen LogP contribution in [0.1, 0.15) is 18.9 Å². The molecule has 1 unspecified atom stereocenters. The average molecular weight is 276 g/mol. The topological polar surface area (TPSA) is 24.9 Å². The van der Waals surface area contributed by atoms with E-state index in [0.29, 0.717) is 6.04 Å². The van der Waals surface area contributed by atoms with E-state index in [2.05, 4.69) is 71.8 Å². The minimum atomic E-state index is 0.444. The molecule has 3 aromatic rings. The maximum absolute atomic E-state index is 4.35. The fourth-order valence-electron chi connectivity index (χ4n) is 2.55. The fourth-order valence-corrected chi connectivity index (χ4v) is 2.55. The third-order valence-corrected chi connectivity index (χ3v) is 3.72. The Bertz CT molecular complexity index is 707. The minimum Gasteiger partial charge on any atom is -0.383 e. The summed E-state index contributed by atoms with van der Waals surface area (Å²) in [6, 6.07) is 21.5. The van der Waals surface area contributed by atoms with Gasteiger partial charge in [0.05, 0.1) is 5.52 Å². The van der Waals surface area contributed by atoms with E-state index in [1.807, 2.05) is 12.3 Å². The molecule has 0 aliphatic rings. The molecule has 0 bridgehead atoms. The second kappa shape index (κ2) is 6.40. The van der Waals surface area contributed by atoms with Crippen LogP contribution in [0, 0.1) is 0 Å². The third kappa shape index (κ3) is 3.60. The van der Waals surface area contributed by atoms with Crippen LogP contribution in [0.15, 0.2) is 66.9 Å². The van der Waals surface area contributed by atoms with Gasteiger partial charge < -0.3 is 5.32 Å². The van der Waals surface area contributed by atoms with Crippen LogP contribution in [0.3, 0.4) is 0 Å². The standard InChI is InChI=1S/C19H20N2/c1-15(9-10-16-6-3-2-4-7-16)21-18-11-12-19-17(14-18)8-5-13-20-19/h2-8,11-15,21H,9-10H2,1H3. The molecule has 0 saturated carbocycles. The summed E-state index contributed by atoms with van der Waals surface area (Å²) in [6.45, 7) is 2.23. The highest BCUT2D eigenvalue weighted by atomic mass is 14.9. The first-order valence-corrected chi connectivity index (χ1v) is 7.46. The van der Waals surface area contributed by atoms with Crippen LogP contribution in [-0.2, 0) is 6.42 Å². The Morgan fingerprint density at radius 2 is 1.86 bits per heavy atom. The van der Waals surface area contributed by atoms with E-state index in [1.54, 1.807) is 0 Å². The lowest BCUT2D eigenvalue weighted by atomic mass is 10.1. The Morgan fingerprint density at radius 1 is 1.00 bits per heavy atom. The highest BCUT2D eigenvalue weighted by molar-refractivity contribution is 5.82. The lowest BCUT2D eigenvalue weighted by Crippen LogP contribution is -2.15. The fraction of sp³-hybridized carbons (Fsp3) is 0.211. The van der Waals surface area contributed by atoms with Crippen molar-refractivity contribution in [1.29, 1.82) is 0 Å². The van der Waals surface area contributed by atoms with E-state index in [0.717, 1.165) is 24.0 Å². The molecule has 0 aliphatic heterocycles. The molecule has 1 atom stereocenters. The summed E-state index contributed by atoms with van der Waals surface area (Å²) in [6.07, 6.45) is 4.05. The maximum atomic E-state index is 4.35. The number of rotatable bonds is 5. The van der Waals surface area contributed by atoms with Gasteiger partial charge in [-0.25, -0.2) is 0 Å². The number of pyridine rings is 1. The second-order valence-electron chi connectivity index (χ2n) is 5.48. The highest BCUT2D eigenvalue weighted by Crippen LogP contribution is 2.18. The Hall–Kier alpha value is -2.35. The summed E-state index contributed by atoms with van der Waals surface area (Å²) < 4.78 is 0. The number of hydrogen-bond donors (Lipinski definition) is 1. The van der Waals surface area contributed by atoms with Crippen LogP contribution in [0.2, 0.25) is 0 Å². The molecule has 0 radical (unpaired) electrons. The van der Waals surface area contributed by atoms with Gasteiger partial charge in [-0.05, 0) is 49.6 Å². The van der Waals surface area contributed by atoms with Gasteiger partial charge >= 0.3 is 0 Å². The number of hydrogen-bond acceptors (Lipinski definition) is 2. The number of anilines is 1. The Balaban J connectivity index is 1.62. The van der Waals surface area contributed by atoms with Gasteiger partial charge in [0.2, 0.25) is 0 Å². The number of aromatic nitrogens is 1. The zero-order chi connectivity index (χ0) is 14.5. The smallest absolute Gasteiger partial charge is 0.0703 e. The van der Waals surface area contributed by atoms with Crippen molar-refractivity contribution in [3.63, 3.8) is 0 Å². The van der Waals surface area contributed by atoms with Gasteiger partial charge in [0.1, 0.15) is 0 Å². The maximum Gasteiger partial charge on any atom is 0.0703 e. The first kappa shape index (κ1) is 13.6. The van der Waals surface area contributed by atoms with Crippen molar-refractivity contribution >= 4 is 16.6 Å². The van der Waals surface area contributed by atoms with E-state index in [9.17, 15) is 0 Å². The normalized spacial score (nSPS) is 12.2. The van der Waals surface area contributed by atoms with Crippen molar-refractivity contribution in [2.75, 3.05) is 5.32 Å². The van der Waals surface area contributed by atoms with Crippen molar-refractivity contribution in [2.45, 2.75) is 25.8 Å². The summed E-state index contributed by atoms with van der Waals surface area (Å²) in [5.74, 6) is 0. The molecule has 0 saturated heterocycles. The van der Waals surface area contributed by atoms with E-state index < -0.39 is 0 Å². The number of nitrogens with zero attached hydrogens (tertiary/aromatic N) is 1. The predicted octanol–water partition coefficient (Wildman–Crippen LogP) is 4.67. The molecule has 106 valence electrons. The lowest BCUT2D eigenvalue weighted by molar-refractivity contribution is 0.706. The highest BCUT2D eigenvalue weighted by Gasteiger charge is 2.03. The van der Waals surface area contributed by atoms with Gasteiger partial charge in [-0.15, -0.1) is 0 Å². The molecule has 21 heavy (non-hydrogen) atoms. The summed E-state index contributed by atoms with van der Waals surface area (Å²) >= 11 is 0. The van der Waals surface area contributed by atoms with Crippen LogP contribution in [0.25, 0.3) is 10.9 Å². The van der Waals surface area contributed by atoms with Gasteiger partial charge in [0.25, 0.3) is 0 Å². The average Bonchev–Trinajstić information content (AvgIpc) is 2.54. The molecule has 2 nitrogen and oxygen atoms in total. The van der Waals surface area contributed by atoms with Crippen molar-refractivity contribution in [1.82, 2.24) is 4.98 Å². The van der Waals surface area contributed by atoms with Gasteiger partial charge in [-0.3, -0.25) is 4.98 Å². The molecule has 2 heteroatoms. The monoisotopic (exact) mass is 276 g/mol. The number of aryl methyl sites for hydroxylation is 1. The number of benzene rings is 2. The lowest BCUT2D eigenvalue weighted by Gasteiger charge is -2.15. The van der Waals surface area contributed by atoms with Crippen molar-refractivity contribution in [2.24, 2.45) is 0 Å². The zero-order valence-electron chi connectivity index (χ0n) is 12.3. The molecule has 1 heterocycles. The molecule has 0 amide bonds. The molecular formula is C19H20N2. The predicted molar refractivity (Wildman–Crippen MR) is 89.6 cm³/mol. The Labute approximate surface area is 125 Å². The second-order valence-corrected chi connectivity index (χ2v) is 5.48. The molecule has 3 rings (SSSR count). The van der Waals surface area contributed by atoms with Crippen LogP contribution < -0.4 is 5.32 Å². The molecular weight excluding hydrogens is 256 g/mol. The quantitative estimate of drug-likeness (QED) is 0.732. The van der Waals surface area contributed by atoms with Gasteiger partial charge in [0.15, 0.2) is 0 Å². The zero-order valence-corrected chi connectivity index (χ0v) is 12.3. The van der Waals surface area contributed by atoms with Crippen molar-refractivity contribution in [3.05, 3.63) is 72.4 Å². The van der Waals surface area contributed by atoms with E-state index >= 15 is 0 Å². The van der Waals surface area contributed by atoms with E-state index in [4.69, 9.17) is 0 Å². The Morgan fingerprint density at radius 3 is 2.71 bits per heavy atom.